The summed E-state index contributed by atoms with van der Waals surface area (Å²) in [6.45, 7) is 1.53. The van der Waals surface area contributed by atoms with Crippen LogP contribution < -0.4 is 5.32 Å². The van der Waals surface area contributed by atoms with Crippen LogP contribution in [0, 0.1) is 5.82 Å². The number of amides is 1. The first-order valence-corrected chi connectivity index (χ1v) is 7.88. The Morgan fingerprint density at radius 1 is 1.14 bits per heavy atom. The minimum Gasteiger partial charge on any atom is -0.332 e. The van der Waals surface area contributed by atoms with E-state index in [1.54, 1.807) is 0 Å². The number of nitrogens with one attached hydrogen (secondary N) is 1. The van der Waals surface area contributed by atoms with E-state index in [0.717, 1.165) is 32.4 Å². The van der Waals surface area contributed by atoms with Crippen LogP contribution in [0.4, 0.5) is 4.39 Å². The SMILES string of the molecule is O=C(N[C@H](N1CCCCC1)C(Cl)(Cl)Cl)c1ccc(F)cc1. The topological polar surface area (TPSA) is 32.3 Å². The number of nitrogens with zero attached hydrogens (tertiary/aromatic N) is 1. The van der Waals surface area contributed by atoms with E-state index in [1.807, 2.05) is 4.90 Å². The van der Waals surface area contributed by atoms with Crippen LogP contribution in [0.2, 0.25) is 0 Å². The molecule has 1 amide bonds. The van der Waals surface area contributed by atoms with E-state index in [4.69, 9.17) is 34.8 Å². The van der Waals surface area contributed by atoms with Crippen molar-refractivity contribution in [3.05, 3.63) is 35.6 Å². The molecule has 1 atom stereocenters. The number of benzene rings is 1. The molecule has 2 rings (SSSR count). The molecule has 0 radical (unpaired) electrons. The van der Waals surface area contributed by atoms with E-state index < -0.39 is 21.7 Å². The van der Waals surface area contributed by atoms with Crippen LogP contribution in [0.3, 0.4) is 0 Å². The van der Waals surface area contributed by atoms with Crippen LogP contribution in [-0.2, 0) is 0 Å². The quantitative estimate of drug-likeness (QED) is 0.840. The van der Waals surface area contributed by atoms with Gasteiger partial charge in [0.1, 0.15) is 12.0 Å². The van der Waals surface area contributed by atoms with Gasteiger partial charge >= 0.3 is 0 Å². The number of carbonyl (C=O) groups is 1. The van der Waals surface area contributed by atoms with Gasteiger partial charge in [-0.1, -0.05) is 41.2 Å². The van der Waals surface area contributed by atoms with Gasteiger partial charge < -0.3 is 5.32 Å². The number of piperidine rings is 1. The molecule has 0 saturated carbocycles. The highest BCUT2D eigenvalue weighted by atomic mass is 35.6. The zero-order valence-electron chi connectivity index (χ0n) is 11.3. The molecule has 0 aliphatic carbocycles. The van der Waals surface area contributed by atoms with Gasteiger partial charge in [-0.2, -0.15) is 0 Å². The summed E-state index contributed by atoms with van der Waals surface area (Å²) >= 11 is 18.0. The van der Waals surface area contributed by atoms with Crippen LogP contribution >= 0.6 is 34.8 Å². The predicted octanol–water partition coefficient (Wildman–Crippen LogP) is 3.74. The highest BCUT2D eigenvalue weighted by molar-refractivity contribution is 6.68. The summed E-state index contributed by atoms with van der Waals surface area (Å²) in [4.78, 5) is 14.2. The average Bonchev–Trinajstić information content (AvgIpc) is 2.45. The summed E-state index contributed by atoms with van der Waals surface area (Å²) in [6.07, 6.45) is 2.43. The van der Waals surface area contributed by atoms with Crippen LogP contribution in [0.1, 0.15) is 29.6 Å². The summed E-state index contributed by atoms with van der Waals surface area (Å²) < 4.78 is 11.3. The number of hydrogen-bond donors (Lipinski definition) is 1. The molecule has 1 heterocycles. The van der Waals surface area contributed by atoms with Gasteiger partial charge in [0.15, 0.2) is 0 Å². The molecule has 0 spiro atoms. The van der Waals surface area contributed by atoms with Crippen molar-refractivity contribution < 1.29 is 9.18 Å². The third-order valence-corrected chi connectivity index (χ3v) is 4.06. The van der Waals surface area contributed by atoms with E-state index in [1.165, 1.54) is 24.3 Å². The Labute approximate surface area is 138 Å². The first-order chi connectivity index (χ1) is 9.88. The molecule has 1 saturated heterocycles. The van der Waals surface area contributed by atoms with Crippen molar-refractivity contribution >= 4 is 40.7 Å². The summed E-state index contributed by atoms with van der Waals surface area (Å²) in [7, 11) is 0. The fourth-order valence-electron chi connectivity index (χ4n) is 2.37. The molecule has 7 heteroatoms. The molecule has 1 aliphatic heterocycles. The van der Waals surface area contributed by atoms with E-state index >= 15 is 0 Å². The van der Waals surface area contributed by atoms with Crippen molar-refractivity contribution in [3.63, 3.8) is 0 Å². The molecule has 1 aliphatic rings. The van der Waals surface area contributed by atoms with Crippen LogP contribution in [-0.4, -0.2) is 33.9 Å². The maximum absolute atomic E-state index is 12.9. The molecular weight excluding hydrogens is 338 g/mol. The second-order valence-corrected chi connectivity index (χ2v) is 7.39. The Kier molecular flexibility index (Phi) is 5.72. The molecule has 0 bridgehead atoms. The lowest BCUT2D eigenvalue weighted by Crippen LogP contribution is -2.56. The van der Waals surface area contributed by atoms with Gasteiger partial charge in [-0.05, 0) is 37.1 Å². The lowest BCUT2D eigenvalue weighted by atomic mass is 10.1. The van der Waals surface area contributed by atoms with E-state index in [2.05, 4.69) is 5.32 Å². The molecule has 21 heavy (non-hydrogen) atoms. The Hall–Kier alpha value is -0.550. The van der Waals surface area contributed by atoms with Gasteiger partial charge in [0, 0.05) is 18.7 Å². The van der Waals surface area contributed by atoms with Crippen LogP contribution in [0.15, 0.2) is 24.3 Å². The number of carbonyl (C=O) groups excluding carboxylic acids is 1. The largest absolute Gasteiger partial charge is 0.332 e. The number of hydrogen-bond acceptors (Lipinski definition) is 2. The smallest absolute Gasteiger partial charge is 0.252 e. The number of alkyl halides is 3. The highest BCUT2D eigenvalue weighted by Crippen LogP contribution is 2.33. The molecule has 1 aromatic rings. The minimum absolute atomic E-state index is 0.327. The number of rotatable bonds is 3. The summed E-state index contributed by atoms with van der Waals surface area (Å²) in [5, 5.41) is 2.73. The molecular formula is C14H16Cl3FN2O. The van der Waals surface area contributed by atoms with Gasteiger partial charge in [0.05, 0.1) is 0 Å². The summed E-state index contributed by atoms with van der Waals surface area (Å²) in [6, 6.07) is 5.24. The molecule has 116 valence electrons. The normalized spacial score (nSPS) is 18.3. The fraction of sp³-hybridized carbons (Fsp3) is 0.500. The minimum atomic E-state index is -1.63. The molecule has 1 N–H and O–H groups in total. The Morgan fingerprint density at radius 3 is 2.24 bits per heavy atom. The molecule has 0 aromatic heterocycles. The zero-order valence-corrected chi connectivity index (χ0v) is 13.6. The third kappa shape index (κ3) is 4.71. The second kappa shape index (κ2) is 7.14. The summed E-state index contributed by atoms with van der Waals surface area (Å²) in [5.41, 5.74) is 0.327. The monoisotopic (exact) mass is 352 g/mol. The fourth-order valence-corrected chi connectivity index (χ4v) is 2.94. The van der Waals surface area contributed by atoms with Crippen molar-refractivity contribution in [2.75, 3.05) is 13.1 Å². The van der Waals surface area contributed by atoms with E-state index in [0.29, 0.717) is 5.56 Å². The molecule has 3 nitrogen and oxygen atoms in total. The first-order valence-electron chi connectivity index (χ1n) is 6.75. The van der Waals surface area contributed by atoms with E-state index in [9.17, 15) is 9.18 Å². The highest BCUT2D eigenvalue weighted by Gasteiger charge is 2.38. The van der Waals surface area contributed by atoms with Crippen molar-refractivity contribution in [2.24, 2.45) is 0 Å². The number of halogens is 4. The third-order valence-electron chi connectivity index (χ3n) is 3.44. The van der Waals surface area contributed by atoms with Gasteiger partial charge in [-0.3, -0.25) is 9.69 Å². The van der Waals surface area contributed by atoms with Crippen molar-refractivity contribution in [2.45, 2.75) is 29.2 Å². The van der Waals surface area contributed by atoms with E-state index in [-0.39, 0.29) is 0 Å². The Bertz CT molecular complexity index is 484. The Morgan fingerprint density at radius 2 is 1.71 bits per heavy atom. The zero-order chi connectivity index (χ0) is 15.5. The standard InChI is InChI=1S/C14H16Cl3FN2O/c15-14(16,17)13(20-8-2-1-3-9-20)19-12(21)10-4-6-11(18)7-5-10/h4-7,13H,1-3,8-9H2,(H,19,21)/t13-/m1/s1. The van der Waals surface area contributed by atoms with Crippen molar-refractivity contribution in [3.8, 4) is 0 Å². The second-order valence-electron chi connectivity index (χ2n) is 5.02. The lowest BCUT2D eigenvalue weighted by molar-refractivity contribution is 0.0819. The molecule has 0 unspecified atom stereocenters. The maximum Gasteiger partial charge on any atom is 0.252 e. The Balaban J connectivity index is 2.10. The van der Waals surface area contributed by atoms with Gasteiger partial charge in [0.25, 0.3) is 5.91 Å². The van der Waals surface area contributed by atoms with Crippen molar-refractivity contribution in [1.29, 1.82) is 0 Å². The first kappa shape index (κ1) is 16.8. The molecule has 1 aromatic carbocycles. The van der Waals surface area contributed by atoms with Gasteiger partial charge in [-0.25, -0.2) is 4.39 Å². The predicted molar refractivity (Wildman–Crippen MR) is 83.4 cm³/mol. The van der Waals surface area contributed by atoms with Crippen LogP contribution in [0.25, 0.3) is 0 Å². The lowest BCUT2D eigenvalue weighted by Gasteiger charge is -2.38. The van der Waals surface area contributed by atoms with Crippen molar-refractivity contribution in [1.82, 2.24) is 10.2 Å². The van der Waals surface area contributed by atoms with Gasteiger partial charge in [0.2, 0.25) is 3.79 Å². The van der Waals surface area contributed by atoms with Gasteiger partial charge in [-0.15, -0.1) is 0 Å². The maximum atomic E-state index is 12.9. The number of likely N-dealkylation sites (tertiary alicyclic amines) is 1. The average molecular weight is 354 g/mol. The molecule has 1 fully saturated rings. The van der Waals surface area contributed by atoms with Crippen LogP contribution in [0.5, 0.6) is 0 Å². The summed E-state index contributed by atoms with van der Waals surface area (Å²) in [5.74, 6) is -0.794.